The first kappa shape index (κ1) is 8.93. The van der Waals surface area contributed by atoms with E-state index in [0.29, 0.717) is 0 Å². The van der Waals surface area contributed by atoms with E-state index in [0.717, 1.165) is 17.9 Å². The van der Waals surface area contributed by atoms with Crippen molar-refractivity contribution in [3.63, 3.8) is 0 Å². The maximum absolute atomic E-state index is 5.87. The van der Waals surface area contributed by atoms with E-state index in [-0.39, 0.29) is 0 Å². The van der Waals surface area contributed by atoms with Crippen LogP contribution in [-0.4, -0.2) is 4.98 Å². The van der Waals surface area contributed by atoms with E-state index in [4.69, 9.17) is 11.6 Å². The normalized spacial score (nSPS) is 13.1. The van der Waals surface area contributed by atoms with Crippen molar-refractivity contribution in [2.75, 3.05) is 0 Å². The number of nitrogens with zero attached hydrogens (tertiary/aromatic N) is 1. The van der Waals surface area contributed by atoms with Crippen LogP contribution in [0.2, 0.25) is 5.02 Å². The van der Waals surface area contributed by atoms with Crippen molar-refractivity contribution in [2.24, 2.45) is 0 Å². The van der Waals surface area contributed by atoms with Gasteiger partial charge in [-0.25, -0.2) is 0 Å². The Morgan fingerprint density at radius 2 is 1.73 bits per heavy atom. The highest BCUT2D eigenvalue weighted by Gasteiger charge is 2.13. The van der Waals surface area contributed by atoms with E-state index in [2.05, 4.69) is 17.1 Å². The van der Waals surface area contributed by atoms with Gasteiger partial charge in [-0.05, 0) is 36.6 Å². The Balaban J connectivity index is 2.11. The molecular formula is C13H10ClN. The molecule has 0 amide bonds. The molecule has 0 saturated heterocycles. The molecule has 1 aliphatic heterocycles. The largest absolute Gasteiger partial charge is 0.257 e. The summed E-state index contributed by atoms with van der Waals surface area (Å²) < 4.78 is 0. The van der Waals surface area contributed by atoms with Gasteiger partial charge in [-0.15, -0.1) is 0 Å². The zero-order valence-electron chi connectivity index (χ0n) is 8.20. The summed E-state index contributed by atoms with van der Waals surface area (Å²) in [6, 6.07) is 12.2. The molecule has 0 unspecified atom stereocenters. The molecule has 2 heterocycles. The van der Waals surface area contributed by atoms with E-state index >= 15 is 0 Å². The zero-order valence-corrected chi connectivity index (χ0v) is 8.96. The van der Waals surface area contributed by atoms with Gasteiger partial charge in [-0.2, -0.15) is 0 Å². The fourth-order valence-electron chi connectivity index (χ4n) is 2.02. The molecule has 0 N–H and O–H groups in total. The highest BCUT2D eigenvalue weighted by Crippen LogP contribution is 2.28. The Labute approximate surface area is 93.7 Å². The SMILES string of the molecule is Clc1ccc(-c2ccc3nc2CC3)cc1. The average molecular weight is 216 g/mol. The fourth-order valence-corrected chi connectivity index (χ4v) is 2.14. The third-order valence-corrected chi connectivity index (χ3v) is 3.06. The molecule has 1 aromatic carbocycles. The minimum Gasteiger partial charge on any atom is -0.257 e. The van der Waals surface area contributed by atoms with Gasteiger partial charge in [-0.1, -0.05) is 29.8 Å². The minimum atomic E-state index is 0.778. The highest BCUT2D eigenvalue weighted by molar-refractivity contribution is 6.30. The van der Waals surface area contributed by atoms with Gasteiger partial charge >= 0.3 is 0 Å². The third kappa shape index (κ3) is 1.53. The Kier molecular flexibility index (Phi) is 2.00. The van der Waals surface area contributed by atoms with E-state index in [1.165, 1.54) is 22.5 Å². The van der Waals surface area contributed by atoms with Crippen LogP contribution in [-0.2, 0) is 12.8 Å². The zero-order chi connectivity index (χ0) is 10.3. The van der Waals surface area contributed by atoms with Crippen LogP contribution >= 0.6 is 11.6 Å². The van der Waals surface area contributed by atoms with Crippen LogP contribution in [0.15, 0.2) is 36.4 Å². The fraction of sp³-hybridized carbons (Fsp3) is 0.154. The molecule has 0 atom stereocenters. The van der Waals surface area contributed by atoms with Crippen LogP contribution in [0.25, 0.3) is 11.1 Å². The lowest BCUT2D eigenvalue weighted by molar-refractivity contribution is 1.03. The summed E-state index contributed by atoms with van der Waals surface area (Å²) in [5.74, 6) is 0. The molecule has 74 valence electrons. The Hall–Kier alpha value is -1.34. The molecule has 1 aromatic heterocycles. The van der Waals surface area contributed by atoms with Gasteiger partial charge in [0.1, 0.15) is 0 Å². The second-order valence-corrected chi connectivity index (χ2v) is 4.24. The van der Waals surface area contributed by atoms with E-state index < -0.39 is 0 Å². The number of benzene rings is 1. The van der Waals surface area contributed by atoms with Gasteiger partial charge in [0.25, 0.3) is 0 Å². The molecule has 1 aliphatic rings. The molecule has 2 bridgehead atoms. The summed E-state index contributed by atoms with van der Waals surface area (Å²) in [4.78, 5) is 4.55. The molecule has 0 aliphatic carbocycles. The van der Waals surface area contributed by atoms with Gasteiger partial charge < -0.3 is 0 Å². The first-order chi connectivity index (χ1) is 7.33. The van der Waals surface area contributed by atoms with Crippen molar-refractivity contribution in [1.29, 1.82) is 0 Å². The number of rotatable bonds is 1. The van der Waals surface area contributed by atoms with E-state index in [1.807, 2.05) is 24.3 Å². The van der Waals surface area contributed by atoms with Crippen LogP contribution in [0, 0.1) is 0 Å². The Morgan fingerprint density at radius 3 is 2.53 bits per heavy atom. The lowest BCUT2D eigenvalue weighted by Gasteiger charge is -2.03. The number of hydrogen-bond acceptors (Lipinski definition) is 1. The highest BCUT2D eigenvalue weighted by atomic mass is 35.5. The number of pyridine rings is 1. The minimum absolute atomic E-state index is 0.778. The van der Waals surface area contributed by atoms with Gasteiger partial charge in [-0.3, -0.25) is 4.98 Å². The number of hydrogen-bond donors (Lipinski definition) is 0. The molecule has 0 fully saturated rings. The second-order valence-electron chi connectivity index (χ2n) is 3.80. The van der Waals surface area contributed by atoms with Crippen molar-refractivity contribution in [1.82, 2.24) is 4.98 Å². The molecule has 0 spiro atoms. The number of aryl methyl sites for hydroxylation is 2. The van der Waals surface area contributed by atoms with Crippen LogP contribution in [0.5, 0.6) is 0 Å². The van der Waals surface area contributed by atoms with Gasteiger partial charge in [0.15, 0.2) is 0 Å². The number of fused-ring (bicyclic) bond motifs is 2. The smallest absolute Gasteiger partial charge is 0.0489 e. The maximum atomic E-state index is 5.87. The summed E-state index contributed by atoms with van der Waals surface area (Å²) >= 11 is 5.87. The topological polar surface area (TPSA) is 12.9 Å². The van der Waals surface area contributed by atoms with Crippen LogP contribution in [0.4, 0.5) is 0 Å². The predicted octanol–water partition coefficient (Wildman–Crippen LogP) is 3.50. The molecule has 0 radical (unpaired) electrons. The molecule has 2 aromatic rings. The summed E-state index contributed by atoms with van der Waals surface area (Å²) in [6.45, 7) is 0. The summed E-state index contributed by atoms with van der Waals surface area (Å²) in [5.41, 5.74) is 4.88. The summed E-state index contributed by atoms with van der Waals surface area (Å²) in [6.07, 6.45) is 2.16. The lowest BCUT2D eigenvalue weighted by atomic mass is 10.0. The second kappa shape index (κ2) is 3.35. The standard InChI is InChI=1S/C13H10ClN/c14-10-3-1-9(2-4-10)12-7-5-11-6-8-13(12)15-11/h1-5,7H,6,8H2. The number of aromatic nitrogens is 1. The third-order valence-electron chi connectivity index (χ3n) is 2.81. The van der Waals surface area contributed by atoms with Crippen LogP contribution < -0.4 is 0 Å². The van der Waals surface area contributed by atoms with Gasteiger partial charge in [0.2, 0.25) is 0 Å². The maximum Gasteiger partial charge on any atom is 0.0489 e. The monoisotopic (exact) mass is 215 g/mol. The first-order valence-electron chi connectivity index (χ1n) is 5.08. The lowest BCUT2D eigenvalue weighted by Crippen LogP contribution is -1.86. The molecule has 3 rings (SSSR count). The molecule has 0 saturated carbocycles. The van der Waals surface area contributed by atoms with Gasteiger partial charge in [0, 0.05) is 22.0 Å². The van der Waals surface area contributed by atoms with Crippen LogP contribution in [0.1, 0.15) is 11.4 Å². The molecule has 15 heavy (non-hydrogen) atoms. The van der Waals surface area contributed by atoms with E-state index in [9.17, 15) is 0 Å². The molecule has 2 heteroatoms. The molecule has 1 nitrogen and oxygen atoms in total. The van der Waals surface area contributed by atoms with Gasteiger partial charge in [0.05, 0.1) is 0 Å². The van der Waals surface area contributed by atoms with E-state index in [1.54, 1.807) is 0 Å². The van der Waals surface area contributed by atoms with Crippen molar-refractivity contribution < 1.29 is 0 Å². The Morgan fingerprint density at radius 1 is 0.933 bits per heavy atom. The first-order valence-corrected chi connectivity index (χ1v) is 5.45. The summed E-state index contributed by atoms with van der Waals surface area (Å²) in [5, 5.41) is 0.778. The van der Waals surface area contributed by atoms with Crippen molar-refractivity contribution >= 4 is 11.6 Å². The van der Waals surface area contributed by atoms with Crippen molar-refractivity contribution in [3.05, 3.63) is 52.8 Å². The van der Waals surface area contributed by atoms with Crippen molar-refractivity contribution in [2.45, 2.75) is 12.8 Å². The molecular weight excluding hydrogens is 206 g/mol. The van der Waals surface area contributed by atoms with Crippen molar-refractivity contribution in [3.8, 4) is 11.1 Å². The number of halogens is 1. The average Bonchev–Trinajstić information content (AvgIpc) is 2.63. The quantitative estimate of drug-likeness (QED) is 0.710. The summed E-state index contributed by atoms with van der Waals surface area (Å²) in [7, 11) is 0. The predicted molar refractivity (Wildman–Crippen MR) is 62.1 cm³/mol. The van der Waals surface area contributed by atoms with Crippen LogP contribution in [0.3, 0.4) is 0 Å². The Bertz CT molecular complexity index is 502.